The molecule has 0 saturated carbocycles. The number of para-hydroxylation sites is 1. The number of aromatic nitrogens is 4. The maximum Gasteiger partial charge on any atom is 0.326 e. The Hall–Kier alpha value is -2.67. The van der Waals surface area contributed by atoms with Crippen LogP contribution in [-0.2, 0) is 22.5 Å². The average molecular weight is 358 g/mol. The fourth-order valence-corrected chi connectivity index (χ4v) is 3.27. The van der Waals surface area contributed by atoms with Gasteiger partial charge in [0.25, 0.3) is 0 Å². The summed E-state index contributed by atoms with van der Waals surface area (Å²) in [4.78, 5) is 27.0. The lowest BCUT2D eigenvalue weighted by atomic mass is 10.2. The van der Waals surface area contributed by atoms with E-state index in [4.69, 9.17) is 16.3 Å². The maximum atomic E-state index is 11.8. The number of imidazole rings is 1. The zero-order valence-corrected chi connectivity index (χ0v) is 14.4. The molecule has 8 heteroatoms. The van der Waals surface area contributed by atoms with Crippen LogP contribution in [0, 0.1) is 0 Å². The summed E-state index contributed by atoms with van der Waals surface area (Å²) in [6.45, 7) is 2.93. The number of rotatable bonds is 4. The van der Waals surface area contributed by atoms with Gasteiger partial charge in [-0.1, -0.05) is 18.2 Å². The normalized spacial score (nSPS) is 13.3. The number of carbonyl (C=O) groups is 1. The van der Waals surface area contributed by atoms with E-state index in [-0.39, 0.29) is 17.8 Å². The molecule has 1 aliphatic rings. The Morgan fingerprint density at radius 2 is 2.16 bits per heavy atom. The van der Waals surface area contributed by atoms with Crippen molar-refractivity contribution in [3.8, 4) is 0 Å². The van der Waals surface area contributed by atoms with Crippen LogP contribution < -0.4 is 4.90 Å². The molecule has 7 nitrogen and oxygen atoms in total. The van der Waals surface area contributed by atoms with Crippen LogP contribution in [0.1, 0.15) is 12.5 Å². The Kier molecular flexibility index (Phi) is 4.01. The Balaban J connectivity index is 1.78. The smallest absolute Gasteiger partial charge is 0.326 e. The minimum absolute atomic E-state index is 0.0354. The van der Waals surface area contributed by atoms with Gasteiger partial charge in [-0.3, -0.25) is 4.79 Å². The molecule has 2 aromatic heterocycles. The van der Waals surface area contributed by atoms with Gasteiger partial charge in [-0.25, -0.2) is 4.98 Å². The molecular weight excluding hydrogens is 342 g/mol. The lowest BCUT2D eigenvalue weighted by Gasteiger charge is -2.18. The first-order chi connectivity index (χ1) is 12.2. The molecule has 0 saturated heterocycles. The largest absolute Gasteiger partial charge is 0.465 e. The molecule has 1 aromatic carbocycles. The van der Waals surface area contributed by atoms with E-state index in [0.717, 1.165) is 18.7 Å². The number of ether oxygens (including phenoxy) is 1. The number of fused-ring (bicyclic) bond motifs is 2. The molecule has 0 spiro atoms. The van der Waals surface area contributed by atoms with Crippen molar-refractivity contribution in [2.24, 2.45) is 0 Å². The lowest BCUT2D eigenvalue weighted by Crippen LogP contribution is -2.16. The molecule has 3 heterocycles. The van der Waals surface area contributed by atoms with Crippen molar-refractivity contribution in [1.82, 2.24) is 19.5 Å². The number of esters is 1. The second-order valence-electron chi connectivity index (χ2n) is 5.70. The number of hydrogen-bond acceptors (Lipinski definition) is 6. The van der Waals surface area contributed by atoms with E-state index in [1.807, 2.05) is 12.1 Å². The molecule has 0 unspecified atom stereocenters. The number of anilines is 2. The van der Waals surface area contributed by atoms with Crippen LogP contribution in [0.15, 0.2) is 30.6 Å². The second-order valence-corrected chi connectivity index (χ2v) is 6.03. The van der Waals surface area contributed by atoms with Crippen molar-refractivity contribution in [3.63, 3.8) is 0 Å². The van der Waals surface area contributed by atoms with Gasteiger partial charge in [0, 0.05) is 12.2 Å². The highest BCUT2D eigenvalue weighted by atomic mass is 35.5. The third-order valence-electron chi connectivity index (χ3n) is 4.17. The Labute approximate surface area is 149 Å². The van der Waals surface area contributed by atoms with E-state index in [1.165, 1.54) is 5.56 Å². The first kappa shape index (κ1) is 15.8. The third-order valence-corrected chi connectivity index (χ3v) is 4.33. The van der Waals surface area contributed by atoms with Crippen LogP contribution in [0.5, 0.6) is 0 Å². The SMILES string of the molecule is CCOC(=O)Cn1cnc2c(N3CCc4ccccc43)nc(Cl)nc21. The summed E-state index contributed by atoms with van der Waals surface area (Å²) in [5.74, 6) is 0.312. The summed E-state index contributed by atoms with van der Waals surface area (Å²) in [6, 6.07) is 8.18. The van der Waals surface area contributed by atoms with Gasteiger partial charge >= 0.3 is 5.97 Å². The quantitative estimate of drug-likeness (QED) is 0.528. The van der Waals surface area contributed by atoms with E-state index in [0.29, 0.717) is 23.6 Å². The standard InChI is InChI=1S/C17H16ClN5O2/c1-2-25-13(24)9-22-10-19-14-15(22)20-17(18)21-16(14)23-8-7-11-5-3-4-6-12(11)23/h3-6,10H,2,7-9H2,1H3. The van der Waals surface area contributed by atoms with E-state index >= 15 is 0 Å². The van der Waals surface area contributed by atoms with Crippen molar-refractivity contribution in [2.45, 2.75) is 19.9 Å². The molecule has 25 heavy (non-hydrogen) atoms. The molecular formula is C17H16ClN5O2. The predicted molar refractivity (Wildman–Crippen MR) is 94.1 cm³/mol. The van der Waals surface area contributed by atoms with E-state index in [2.05, 4.69) is 32.0 Å². The number of carbonyl (C=O) groups excluding carboxylic acids is 1. The number of benzene rings is 1. The van der Waals surface area contributed by atoms with Crippen LogP contribution in [0.25, 0.3) is 11.2 Å². The molecule has 0 N–H and O–H groups in total. The highest BCUT2D eigenvalue weighted by Crippen LogP contribution is 2.36. The van der Waals surface area contributed by atoms with Gasteiger partial charge in [0.15, 0.2) is 17.0 Å². The molecule has 0 amide bonds. The van der Waals surface area contributed by atoms with E-state index in [1.54, 1.807) is 17.8 Å². The first-order valence-electron chi connectivity index (χ1n) is 8.07. The Bertz CT molecular complexity index is 955. The molecule has 3 aromatic rings. The molecule has 128 valence electrons. The van der Waals surface area contributed by atoms with Crippen LogP contribution in [0.3, 0.4) is 0 Å². The van der Waals surface area contributed by atoms with Crippen molar-refractivity contribution in [1.29, 1.82) is 0 Å². The van der Waals surface area contributed by atoms with E-state index in [9.17, 15) is 4.79 Å². The zero-order chi connectivity index (χ0) is 17.4. The zero-order valence-electron chi connectivity index (χ0n) is 13.6. The van der Waals surface area contributed by atoms with Gasteiger partial charge in [-0.15, -0.1) is 0 Å². The summed E-state index contributed by atoms with van der Waals surface area (Å²) in [5, 5.41) is 0.123. The highest BCUT2D eigenvalue weighted by Gasteiger charge is 2.25. The number of nitrogens with zero attached hydrogens (tertiary/aromatic N) is 5. The minimum atomic E-state index is -0.343. The van der Waals surface area contributed by atoms with Crippen LogP contribution >= 0.6 is 11.6 Å². The van der Waals surface area contributed by atoms with Crippen molar-refractivity contribution in [2.75, 3.05) is 18.1 Å². The molecule has 0 fully saturated rings. The molecule has 4 rings (SSSR count). The molecule has 0 atom stereocenters. The van der Waals surface area contributed by atoms with Gasteiger partial charge in [0.2, 0.25) is 5.28 Å². The van der Waals surface area contributed by atoms with Gasteiger partial charge in [0.1, 0.15) is 6.54 Å². The summed E-state index contributed by atoms with van der Waals surface area (Å²) in [6.07, 6.45) is 2.50. The second kappa shape index (κ2) is 6.33. The topological polar surface area (TPSA) is 73.1 Å². The van der Waals surface area contributed by atoms with Crippen LogP contribution in [0.4, 0.5) is 11.5 Å². The van der Waals surface area contributed by atoms with Crippen LogP contribution in [0.2, 0.25) is 5.28 Å². The summed E-state index contributed by atoms with van der Waals surface area (Å²) >= 11 is 6.15. The fraction of sp³-hybridized carbons (Fsp3) is 0.294. The van der Waals surface area contributed by atoms with Crippen molar-refractivity contribution >= 4 is 40.2 Å². The summed E-state index contributed by atoms with van der Waals surface area (Å²) in [5.41, 5.74) is 3.49. The van der Waals surface area contributed by atoms with E-state index < -0.39 is 0 Å². The fourth-order valence-electron chi connectivity index (χ4n) is 3.11. The molecule has 1 aliphatic heterocycles. The predicted octanol–water partition coefficient (Wildman–Crippen LogP) is 2.74. The minimum Gasteiger partial charge on any atom is -0.465 e. The summed E-state index contributed by atoms with van der Waals surface area (Å²) in [7, 11) is 0. The summed E-state index contributed by atoms with van der Waals surface area (Å²) < 4.78 is 6.63. The van der Waals surface area contributed by atoms with Gasteiger partial charge < -0.3 is 14.2 Å². The molecule has 0 radical (unpaired) electrons. The van der Waals surface area contributed by atoms with Gasteiger partial charge in [0.05, 0.1) is 12.9 Å². The highest BCUT2D eigenvalue weighted by molar-refractivity contribution is 6.28. The van der Waals surface area contributed by atoms with Crippen molar-refractivity contribution < 1.29 is 9.53 Å². The van der Waals surface area contributed by atoms with Crippen LogP contribution in [-0.4, -0.2) is 38.6 Å². The average Bonchev–Trinajstić information content (AvgIpc) is 3.19. The molecule has 0 bridgehead atoms. The monoisotopic (exact) mass is 357 g/mol. The maximum absolute atomic E-state index is 11.8. The van der Waals surface area contributed by atoms with Gasteiger partial charge in [-0.2, -0.15) is 9.97 Å². The number of halogens is 1. The Morgan fingerprint density at radius 3 is 3.00 bits per heavy atom. The van der Waals surface area contributed by atoms with Crippen molar-refractivity contribution in [3.05, 3.63) is 41.4 Å². The first-order valence-corrected chi connectivity index (χ1v) is 8.44. The third kappa shape index (κ3) is 2.80. The van der Waals surface area contributed by atoms with Gasteiger partial charge in [-0.05, 0) is 36.6 Å². The lowest BCUT2D eigenvalue weighted by molar-refractivity contribution is -0.143. The number of hydrogen-bond donors (Lipinski definition) is 0. The Morgan fingerprint density at radius 1 is 1.32 bits per heavy atom. The molecule has 0 aliphatic carbocycles.